The third kappa shape index (κ3) is 4.22. The van der Waals surface area contributed by atoms with Gasteiger partial charge >= 0.3 is 7.94 Å². The van der Waals surface area contributed by atoms with Crippen LogP contribution in [0.15, 0.2) is 12.1 Å². The van der Waals surface area contributed by atoms with Crippen molar-refractivity contribution in [3.63, 3.8) is 0 Å². The van der Waals surface area contributed by atoms with Crippen molar-refractivity contribution < 1.29 is 33.6 Å². The fourth-order valence-corrected chi connectivity index (χ4v) is 7.80. The topological polar surface area (TPSA) is 107 Å². The summed E-state index contributed by atoms with van der Waals surface area (Å²) in [5, 5.41) is 22.0. The standard InChI is InChI=1S/C26H33N2O7P/c1-16-23(29)18(13-27-3-7-32-8-4-27)11-20-22-15-36(31,34-25(16)20)35-26-17(2)24(30)19(12-21(22)26)14-28-5-9-33-10-6-28/h11-12,22,29-30H,3-10,13-15H2,1-2H3. The van der Waals surface area contributed by atoms with Gasteiger partial charge in [0, 0.05) is 72.6 Å². The van der Waals surface area contributed by atoms with E-state index < -0.39 is 7.94 Å². The molecule has 0 unspecified atom stereocenters. The summed E-state index contributed by atoms with van der Waals surface area (Å²) in [7, 11) is -3.50. The molecule has 2 aromatic rings. The molecule has 0 aromatic heterocycles. The highest BCUT2D eigenvalue weighted by molar-refractivity contribution is 7.60. The number of aromatic hydroxyl groups is 2. The van der Waals surface area contributed by atoms with Crippen LogP contribution in [0, 0.1) is 13.8 Å². The van der Waals surface area contributed by atoms with E-state index >= 15 is 0 Å². The average Bonchev–Trinajstić information content (AvgIpc) is 2.88. The van der Waals surface area contributed by atoms with Gasteiger partial charge < -0.3 is 33.6 Å². The summed E-state index contributed by atoms with van der Waals surface area (Å²) in [6, 6.07) is 4.00. The largest absolute Gasteiger partial charge is 0.617 e. The van der Waals surface area contributed by atoms with Crippen LogP contribution >= 0.6 is 7.94 Å². The number of nitrogens with zero attached hydrogens (tertiary/aromatic N) is 2. The van der Waals surface area contributed by atoms with Crippen molar-refractivity contribution in [3.8, 4) is 23.0 Å². The van der Waals surface area contributed by atoms with Crippen LogP contribution in [-0.2, 0) is 22.6 Å². The fourth-order valence-electron chi connectivity index (χ4n) is 5.73. The van der Waals surface area contributed by atoms with Gasteiger partial charge in [0.2, 0.25) is 0 Å². The Morgan fingerprint density at radius 1 is 0.806 bits per heavy atom. The van der Waals surface area contributed by atoms with Gasteiger partial charge in [-0.05, 0) is 26.0 Å². The highest BCUT2D eigenvalue weighted by atomic mass is 31.2. The van der Waals surface area contributed by atoms with Gasteiger partial charge in [0.05, 0.1) is 32.3 Å². The zero-order valence-electron chi connectivity index (χ0n) is 20.8. The number of rotatable bonds is 4. The van der Waals surface area contributed by atoms with Gasteiger partial charge in [-0.2, -0.15) is 0 Å². The van der Waals surface area contributed by atoms with Gasteiger partial charge in [-0.15, -0.1) is 0 Å². The molecular weight excluding hydrogens is 483 g/mol. The van der Waals surface area contributed by atoms with Crippen LogP contribution in [0.4, 0.5) is 0 Å². The first kappa shape index (κ1) is 24.2. The van der Waals surface area contributed by atoms with Gasteiger partial charge in [0.15, 0.2) is 11.5 Å². The Bertz CT molecular complexity index is 1090. The first-order valence-electron chi connectivity index (χ1n) is 12.6. The number of benzene rings is 2. The van der Waals surface area contributed by atoms with E-state index in [0.717, 1.165) is 48.4 Å². The first-order valence-corrected chi connectivity index (χ1v) is 14.3. The van der Waals surface area contributed by atoms with Crippen molar-refractivity contribution in [1.29, 1.82) is 0 Å². The van der Waals surface area contributed by atoms with Crippen molar-refractivity contribution in [2.24, 2.45) is 0 Å². The second-order valence-electron chi connectivity index (χ2n) is 10.2. The van der Waals surface area contributed by atoms with E-state index in [-0.39, 0.29) is 23.6 Å². The lowest BCUT2D eigenvalue weighted by Gasteiger charge is -2.42. The smallest absolute Gasteiger partial charge is 0.333 e. The van der Waals surface area contributed by atoms with Crippen LogP contribution in [-0.4, -0.2) is 78.8 Å². The van der Waals surface area contributed by atoms with Crippen molar-refractivity contribution in [1.82, 2.24) is 9.80 Å². The van der Waals surface area contributed by atoms with Crippen LogP contribution in [0.2, 0.25) is 0 Å². The molecule has 9 nitrogen and oxygen atoms in total. The van der Waals surface area contributed by atoms with E-state index in [4.69, 9.17) is 18.5 Å². The number of phenolic OH excluding ortho intramolecular Hbond substituents is 2. The van der Waals surface area contributed by atoms with Crippen molar-refractivity contribution in [3.05, 3.63) is 45.5 Å². The average molecular weight is 517 g/mol. The number of phenols is 2. The Morgan fingerprint density at radius 2 is 1.22 bits per heavy atom. The number of hydrogen-bond acceptors (Lipinski definition) is 9. The highest BCUT2D eigenvalue weighted by Crippen LogP contribution is 2.67. The molecule has 6 rings (SSSR count). The lowest BCUT2D eigenvalue weighted by Crippen LogP contribution is -2.37. The maximum Gasteiger partial charge on any atom is 0.333 e. The molecule has 4 heterocycles. The third-order valence-corrected chi connectivity index (χ3v) is 9.53. The predicted octanol–water partition coefficient (Wildman–Crippen LogP) is 2.42. The minimum absolute atomic E-state index is 0.170. The Hall–Kier alpha value is -2.13. The van der Waals surface area contributed by atoms with Gasteiger partial charge in [0.1, 0.15) is 17.7 Å². The molecule has 0 saturated carbocycles. The minimum atomic E-state index is -3.50. The Labute approximate surface area is 211 Å². The SMILES string of the molecule is Cc1c(O)c(CN2CCOCC2)cc2c1O[P+]1([O-])CC2c2cc(CN3CCOCC3)c(O)c(C)c2O1. The van der Waals surface area contributed by atoms with E-state index in [1.54, 1.807) is 13.8 Å². The number of hydrogen-bond donors (Lipinski definition) is 2. The number of morpholine rings is 2. The Morgan fingerprint density at radius 3 is 1.64 bits per heavy atom. The van der Waals surface area contributed by atoms with Crippen LogP contribution < -0.4 is 13.9 Å². The zero-order valence-corrected chi connectivity index (χ0v) is 21.7. The molecule has 10 heteroatoms. The maximum absolute atomic E-state index is 13.7. The summed E-state index contributed by atoms with van der Waals surface area (Å²) in [5.41, 5.74) is 4.63. The van der Waals surface area contributed by atoms with E-state index in [2.05, 4.69) is 9.80 Å². The van der Waals surface area contributed by atoms with E-state index in [1.165, 1.54) is 0 Å². The monoisotopic (exact) mass is 516 g/mol. The molecular formula is C26H33N2O7P. The molecule has 0 radical (unpaired) electrons. The summed E-state index contributed by atoms with van der Waals surface area (Å²) < 4.78 is 22.9. The van der Waals surface area contributed by atoms with Crippen LogP contribution in [0.5, 0.6) is 23.0 Å². The van der Waals surface area contributed by atoms with Crippen molar-refractivity contribution in [2.75, 3.05) is 58.8 Å². The van der Waals surface area contributed by atoms with Crippen LogP contribution in [0.25, 0.3) is 0 Å². The Balaban J connectivity index is 1.42. The molecule has 4 aliphatic heterocycles. The van der Waals surface area contributed by atoms with E-state index in [1.807, 2.05) is 12.1 Å². The molecule has 0 atom stereocenters. The van der Waals surface area contributed by atoms with Gasteiger partial charge in [0.25, 0.3) is 0 Å². The van der Waals surface area contributed by atoms with E-state index in [9.17, 15) is 15.1 Å². The molecule has 2 N–H and O–H groups in total. The Kier molecular flexibility index (Phi) is 6.27. The highest BCUT2D eigenvalue weighted by Gasteiger charge is 2.51. The normalized spacial score (nSPS) is 26.0. The van der Waals surface area contributed by atoms with Gasteiger partial charge in [-0.25, -0.2) is 0 Å². The van der Waals surface area contributed by atoms with Gasteiger partial charge in [-0.1, -0.05) is 0 Å². The van der Waals surface area contributed by atoms with Crippen molar-refractivity contribution in [2.45, 2.75) is 32.9 Å². The van der Waals surface area contributed by atoms with Crippen LogP contribution in [0.3, 0.4) is 0 Å². The molecule has 0 aliphatic carbocycles. The number of fused-ring (bicyclic) bond motifs is 6. The third-order valence-electron chi connectivity index (χ3n) is 7.80. The molecule has 2 bridgehead atoms. The lowest BCUT2D eigenvalue weighted by atomic mass is 9.86. The van der Waals surface area contributed by atoms with Gasteiger partial charge in [-0.3, -0.25) is 9.80 Å². The molecule has 4 aliphatic rings. The molecule has 2 fully saturated rings. The fraction of sp³-hybridized carbons (Fsp3) is 0.538. The number of ether oxygens (including phenoxy) is 2. The molecule has 0 spiro atoms. The zero-order chi connectivity index (χ0) is 25.0. The van der Waals surface area contributed by atoms with Crippen LogP contribution in [0.1, 0.15) is 39.3 Å². The second-order valence-corrected chi connectivity index (χ2v) is 12.1. The summed E-state index contributed by atoms with van der Waals surface area (Å²) in [6.45, 7) is 10.8. The predicted molar refractivity (Wildman–Crippen MR) is 133 cm³/mol. The minimum Gasteiger partial charge on any atom is -0.617 e. The maximum atomic E-state index is 13.7. The summed E-state index contributed by atoms with van der Waals surface area (Å²) in [4.78, 5) is 18.2. The lowest BCUT2D eigenvalue weighted by molar-refractivity contribution is -0.204. The first-order chi connectivity index (χ1) is 17.3. The summed E-state index contributed by atoms with van der Waals surface area (Å²) >= 11 is 0. The quantitative estimate of drug-likeness (QED) is 0.593. The van der Waals surface area contributed by atoms with Crippen molar-refractivity contribution >= 4 is 7.94 Å². The molecule has 2 saturated heterocycles. The summed E-state index contributed by atoms with van der Waals surface area (Å²) in [6.07, 6.45) is 0.232. The van der Waals surface area contributed by atoms with E-state index in [0.29, 0.717) is 62.1 Å². The molecule has 194 valence electrons. The second kappa shape index (κ2) is 9.31. The molecule has 2 aromatic carbocycles. The molecule has 0 amide bonds. The molecule has 36 heavy (non-hydrogen) atoms. The summed E-state index contributed by atoms with van der Waals surface area (Å²) in [5.74, 6) is 1.02.